The number of aryl methyl sites for hydroxylation is 1. The Morgan fingerprint density at radius 1 is 1.61 bits per heavy atom. The Bertz CT molecular complexity index is 390. The quantitative estimate of drug-likeness (QED) is 0.911. The molecule has 2 heterocycles. The highest BCUT2D eigenvalue weighted by molar-refractivity contribution is 7.15. The van der Waals surface area contributed by atoms with Gasteiger partial charge >= 0.3 is 0 Å². The van der Waals surface area contributed by atoms with Crippen LogP contribution in [-0.4, -0.2) is 31.8 Å². The van der Waals surface area contributed by atoms with Crippen LogP contribution in [0, 0.1) is 12.8 Å². The van der Waals surface area contributed by atoms with Crippen LogP contribution in [-0.2, 0) is 4.74 Å². The summed E-state index contributed by atoms with van der Waals surface area (Å²) in [4.78, 5) is 8.27. The Labute approximate surface area is 113 Å². The molecule has 0 saturated carbocycles. The van der Waals surface area contributed by atoms with Gasteiger partial charge in [0.05, 0.1) is 12.3 Å². The molecule has 0 amide bonds. The van der Waals surface area contributed by atoms with Crippen LogP contribution in [0.3, 0.4) is 0 Å². The van der Waals surface area contributed by atoms with E-state index < -0.39 is 0 Å². The monoisotopic (exact) mass is 269 g/mol. The van der Waals surface area contributed by atoms with Crippen molar-refractivity contribution in [3.05, 3.63) is 10.6 Å². The zero-order valence-corrected chi connectivity index (χ0v) is 12.3. The first-order valence-electron chi connectivity index (χ1n) is 6.58. The standard InChI is InChI=1S/C13H23N3OS/c1-9(14)12-10(2)15-13(18-12)16-6-4-5-11(7-16)8-17-3/h9,11H,4-8,14H2,1-3H3. The summed E-state index contributed by atoms with van der Waals surface area (Å²) in [5.41, 5.74) is 7.05. The molecule has 1 fully saturated rings. The minimum Gasteiger partial charge on any atom is -0.384 e. The summed E-state index contributed by atoms with van der Waals surface area (Å²) >= 11 is 1.74. The van der Waals surface area contributed by atoms with Gasteiger partial charge in [-0.05, 0) is 32.6 Å². The van der Waals surface area contributed by atoms with E-state index in [0.29, 0.717) is 5.92 Å². The molecule has 2 N–H and O–H groups in total. The number of aromatic nitrogens is 1. The molecule has 2 atom stereocenters. The number of ether oxygens (including phenoxy) is 1. The first kappa shape index (κ1) is 13.8. The molecule has 1 aliphatic rings. The Kier molecular flexibility index (Phi) is 4.59. The number of anilines is 1. The summed E-state index contributed by atoms with van der Waals surface area (Å²) in [5, 5.41) is 1.13. The zero-order valence-electron chi connectivity index (χ0n) is 11.5. The lowest BCUT2D eigenvalue weighted by Crippen LogP contribution is -2.37. The van der Waals surface area contributed by atoms with Crippen molar-refractivity contribution >= 4 is 16.5 Å². The molecular weight excluding hydrogens is 246 g/mol. The lowest BCUT2D eigenvalue weighted by Gasteiger charge is -2.32. The van der Waals surface area contributed by atoms with Crippen molar-refractivity contribution in [3.63, 3.8) is 0 Å². The van der Waals surface area contributed by atoms with Crippen LogP contribution in [0.2, 0.25) is 0 Å². The van der Waals surface area contributed by atoms with E-state index in [0.717, 1.165) is 30.5 Å². The maximum absolute atomic E-state index is 5.96. The number of hydrogen-bond acceptors (Lipinski definition) is 5. The van der Waals surface area contributed by atoms with Crippen molar-refractivity contribution in [1.82, 2.24) is 4.98 Å². The van der Waals surface area contributed by atoms with Gasteiger partial charge < -0.3 is 15.4 Å². The van der Waals surface area contributed by atoms with E-state index in [2.05, 4.69) is 16.8 Å². The Hall–Kier alpha value is -0.650. The van der Waals surface area contributed by atoms with E-state index >= 15 is 0 Å². The number of rotatable bonds is 4. The molecule has 1 saturated heterocycles. The van der Waals surface area contributed by atoms with Crippen LogP contribution in [0.1, 0.15) is 36.4 Å². The molecule has 2 rings (SSSR count). The van der Waals surface area contributed by atoms with E-state index in [1.165, 1.54) is 17.7 Å². The number of nitrogens with two attached hydrogens (primary N) is 1. The molecule has 0 spiro atoms. The van der Waals surface area contributed by atoms with Gasteiger partial charge in [-0.2, -0.15) is 0 Å². The SMILES string of the molecule is COCC1CCCN(c2nc(C)c(C(C)N)s2)C1. The van der Waals surface area contributed by atoms with Gasteiger partial charge in [0.2, 0.25) is 0 Å². The van der Waals surface area contributed by atoms with E-state index in [1.54, 1.807) is 18.4 Å². The van der Waals surface area contributed by atoms with Crippen molar-refractivity contribution in [1.29, 1.82) is 0 Å². The predicted octanol–water partition coefficient (Wildman–Crippen LogP) is 2.33. The number of nitrogens with zero attached hydrogens (tertiary/aromatic N) is 2. The highest BCUT2D eigenvalue weighted by Gasteiger charge is 2.23. The molecule has 0 aromatic carbocycles. The Morgan fingerprint density at radius 2 is 2.39 bits per heavy atom. The Morgan fingerprint density at radius 3 is 3.00 bits per heavy atom. The van der Waals surface area contributed by atoms with Gasteiger partial charge in [0.25, 0.3) is 0 Å². The van der Waals surface area contributed by atoms with Crippen LogP contribution >= 0.6 is 11.3 Å². The largest absolute Gasteiger partial charge is 0.384 e. The average Bonchev–Trinajstić information content (AvgIpc) is 2.72. The molecule has 1 aromatic heterocycles. The van der Waals surface area contributed by atoms with Gasteiger partial charge in [-0.3, -0.25) is 0 Å². The van der Waals surface area contributed by atoms with Crippen molar-refractivity contribution in [3.8, 4) is 0 Å². The minimum absolute atomic E-state index is 0.0795. The zero-order chi connectivity index (χ0) is 13.1. The summed E-state index contributed by atoms with van der Waals surface area (Å²) in [7, 11) is 1.78. The summed E-state index contributed by atoms with van der Waals surface area (Å²) < 4.78 is 5.27. The number of hydrogen-bond donors (Lipinski definition) is 1. The minimum atomic E-state index is 0.0795. The number of methoxy groups -OCH3 is 1. The second-order valence-electron chi connectivity index (χ2n) is 5.14. The van der Waals surface area contributed by atoms with Gasteiger partial charge in [-0.25, -0.2) is 4.98 Å². The van der Waals surface area contributed by atoms with Gasteiger partial charge in [-0.1, -0.05) is 0 Å². The summed E-state index contributed by atoms with van der Waals surface area (Å²) in [6.45, 7) is 7.08. The highest BCUT2D eigenvalue weighted by atomic mass is 32.1. The van der Waals surface area contributed by atoms with Crippen LogP contribution in [0.4, 0.5) is 5.13 Å². The van der Waals surface area contributed by atoms with Crippen molar-refractivity contribution < 1.29 is 4.74 Å². The molecule has 0 bridgehead atoms. The molecule has 18 heavy (non-hydrogen) atoms. The van der Waals surface area contributed by atoms with E-state index in [4.69, 9.17) is 10.5 Å². The topological polar surface area (TPSA) is 51.4 Å². The van der Waals surface area contributed by atoms with E-state index in [-0.39, 0.29) is 6.04 Å². The molecule has 5 heteroatoms. The maximum atomic E-state index is 5.96. The van der Waals surface area contributed by atoms with E-state index in [9.17, 15) is 0 Å². The number of thiazole rings is 1. The molecule has 1 aromatic rings. The van der Waals surface area contributed by atoms with Crippen LogP contribution in [0.15, 0.2) is 0 Å². The predicted molar refractivity (Wildman–Crippen MR) is 76.3 cm³/mol. The highest BCUT2D eigenvalue weighted by Crippen LogP contribution is 2.32. The third kappa shape index (κ3) is 3.02. The third-order valence-corrected chi connectivity index (χ3v) is 4.85. The molecule has 0 aliphatic carbocycles. The molecular formula is C13H23N3OS. The van der Waals surface area contributed by atoms with Crippen molar-refractivity contribution in [2.45, 2.75) is 32.7 Å². The average molecular weight is 269 g/mol. The second kappa shape index (κ2) is 5.99. The van der Waals surface area contributed by atoms with Crippen molar-refractivity contribution in [2.24, 2.45) is 11.7 Å². The van der Waals surface area contributed by atoms with Gasteiger partial charge in [-0.15, -0.1) is 11.3 Å². The maximum Gasteiger partial charge on any atom is 0.185 e. The van der Waals surface area contributed by atoms with Gasteiger partial charge in [0.1, 0.15) is 0 Å². The van der Waals surface area contributed by atoms with Crippen molar-refractivity contribution in [2.75, 3.05) is 31.7 Å². The van der Waals surface area contributed by atoms with Crippen LogP contribution in [0.25, 0.3) is 0 Å². The normalized spacial score (nSPS) is 22.2. The molecule has 102 valence electrons. The smallest absolute Gasteiger partial charge is 0.185 e. The molecule has 0 radical (unpaired) electrons. The second-order valence-corrected chi connectivity index (χ2v) is 6.15. The van der Waals surface area contributed by atoms with Gasteiger partial charge in [0, 0.05) is 31.1 Å². The molecule has 4 nitrogen and oxygen atoms in total. The fraction of sp³-hybridized carbons (Fsp3) is 0.769. The molecule has 1 aliphatic heterocycles. The lowest BCUT2D eigenvalue weighted by atomic mass is 9.99. The first-order chi connectivity index (χ1) is 8.61. The fourth-order valence-corrected chi connectivity index (χ4v) is 3.62. The number of piperidine rings is 1. The summed E-state index contributed by atoms with van der Waals surface area (Å²) in [5.74, 6) is 0.631. The van der Waals surface area contributed by atoms with Gasteiger partial charge in [0.15, 0.2) is 5.13 Å². The fourth-order valence-electron chi connectivity index (χ4n) is 2.56. The lowest BCUT2D eigenvalue weighted by molar-refractivity contribution is 0.143. The summed E-state index contributed by atoms with van der Waals surface area (Å²) in [6.07, 6.45) is 2.48. The van der Waals surface area contributed by atoms with E-state index in [1.807, 2.05) is 6.92 Å². The first-order valence-corrected chi connectivity index (χ1v) is 7.40. The third-order valence-electron chi connectivity index (χ3n) is 3.43. The van der Waals surface area contributed by atoms with Crippen LogP contribution in [0.5, 0.6) is 0 Å². The Balaban J connectivity index is 2.08. The van der Waals surface area contributed by atoms with Crippen LogP contribution < -0.4 is 10.6 Å². The molecule has 2 unspecified atom stereocenters. The summed E-state index contributed by atoms with van der Waals surface area (Å²) in [6, 6.07) is 0.0795.